The molecule has 3 rings (SSSR count). The fourth-order valence-corrected chi connectivity index (χ4v) is 5.51. The van der Waals surface area contributed by atoms with Crippen LogP contribution in [-0.4, -0.2) is 58.5 Å². The second kappa shape index (κ2) is 12.8. The Morgan fingerprint density at radius 2 is 1.84 bits per heavy atom. The number of rotatable bonds is 14. The molecule has 1 aromatic heterocycles. The van der Waals surface area contributed by atoms with Crippen LogP contribution in [0.5, 0.6) is 0 Å². The summed E-state index contributed by atoms with van der Waals surface area (Å²) in [5.41, 5.74) is 8.40. The van der Waals surface area contributed by atoms with Gasteiger partial charge in [0.1, 0.15) is 23.5 Å². The molecule has 0 unspecified atom stereocenters. The number of Topliss-reactive ketones (excluding diaryl/α,β-unsaturated/α-hetero) is 2. The lowest BCUT2D eigenvalue weighted by Crippen LogP contribution is -2.41. The normalized spacial score (nSPS) is 14.0. The van der Waals surface area contributed by atoms with Crippen molar-refractivity contribution in [3.8, 4) is 0 Å². The Kier molecular flexibility index (Phi) is 9.76. The summed E-state index contributed by atoms with van der Waals surface area (Å²) in [5, 5.41) is 12.0. The monoisotopic (exact) mass is 540 g/mol. The number of carboxylic acid groups (broad SMARTS) is 1. The lowest BCUT2D eigenvalue weighted by atomic mass is 9.98. The van der Waals surface area contributed by atoms with Crippen LogP contribution in [0.25, 0.3) is 0 Å². The van der Waals surface area contributed by atoms with Crippen molar-refractivity contribution in [3.63, 3.8) is 0 Å². The Morgan fingerprint density at radius 1 is 1.13 bits per heavy atom. The molecule has 38 heavy (non-hydrogen) atoms. The Bertz CT molecular complexity index is 1210. The molecule has 11 heteroatoms. The highest BCUT2D eigenvalue weighted by molar-refractivity contribution is 6.69. The molecular formula is C27H36N4O6Si. The number of amides is 1. The number of hydrogen-bond donors (Lipinski definition) is 5. The van der Waals surface area contributed by atoms with Crippen LogP contribution in [0.3, 0.4) is 0 Å². The number of aryl methyl sites for hydroxylation is 2. The van der Waals surface area contributed by atoms with Crippen molar-refractivity contribution in [3.05, 3.63) is 52.7 Å². The van der Waals surface area contributed by atoms with Crippen molar-refractivity contribution in [2.75, 3.05) is 0 Å². The lowest BCUT2D eigenvalue weighted by molar-refractivity contribution is -0.139. The van der Waals surface area contributed by atoms with Gasteiger partial charge in [-0.15, -0.1) is 0 Å². The molecule has 0 aliphatic carbocycles. The average molecular weight is 541 g/mol. The highest BCUT2D eigenvalue weighted by atomic mass is 28.4. The van der Waals surface area contributed by atoms with Crippen LogP contribution in [0.2, 0.25) is 19.1 Å². The number of aliphatic carboxylic acids is 1. The van der Waals surface area contributed by atoms with Crippen LogP contribution in [0, 0.1) is 0 Å². The van der Waals surface area contributed by atoms with Crippen LogP contribution in [0.1, 0.15) is 70.4 Å². The highest BCUT2D eigenvalue weighted by Crippen LogP contribution is 2.28. The van der Waals surface area contributed by atoms with Gasteiger partial charge in [0.2, 0.25) is 0 Å². The molecule has 1 aromatic carbocycles. The highest BCUT2D eigenvalue weighted by Gasteiger charge is 2.24. The third kappa shape index (κ3) is 8.49. The Hall–Kier alpha value is -3.57. The zero-order chi connectivity index (χ0) is 27.9. The topological polar surface area (TPSA) is 175 Å². The summed E-state index contributed by atoms with van der Waals surface area (Å²) in [6.07, 6.45) is 4.98. The predicted octanol–water partition coefficient (Wildman–Crippen LogP) is 3.28. The molecule has 204 valence electrons. The van der Waals surface area contributed by atoms with Gasteiger partial charge in [0.25, 0.3) is 5.91 Å². The number of nitrogens with two attached hydrogens (primary N) is 1. The number of ketones is 2. The summed E-state index contributed by atoms with van der Waals surface area (Å²) >= 11 is 0. The molecule has 2 aromatic rings. The fourth-order valence-electron chi connectivity index (χ4n) is 4.40. The summed E-state index contributed by atoms with van der Waals surface area (Å²) in [6.45, 7) is 3.71. The number of H-pyrrole nitrogens is 1. The Balaban J connectivity index is 1.48. The molecule has 0 bridgehead atoms. The van der Waals surface area contributed by atoms with Gasteiger partial charge in [-0.05, 0) is 68.1 Å². The van der Waals surface area contributed by atoms with E-state index < -0.39 is 26.2 Å². The first-order valence-electron chi connectivity index (χ1n) is 12.9. The number of nitrogens with zero attached hydrogens (tertiary/aromatic N) is 1. The smallest absolute Gasteiger partial charge is 0.326 e. The zero-order valence-corrected chi connectivity index (χ0v) is 22.9. The number of amidine groups is 1. The number of carbonyl (C=O) groups excluding carboxylic acids is 3. The minimum Gasteiger partial charge on any atom is -0.480 e. The van der Waals surface area contributed by atoms with Crippen molar-refractivity contribution in [2.24, 2.45) is 10.7 Å². The van der Waals surface area contributed by atoms with E-state index in [1.807, 2.05) is 13.1 Å². The van der Waals surface area contributed by atoms with Crippen LogP contribution in [-0.2, 0) is 22.4 Å². The zero-order valence-electron chi connectivity index (χ0n) is 21.9. The second-order valence-corrected chi connectivity index (χ2v) is 14.5. The number of fused-ring (bicyclic) bond motifs is 1. The van der Waals surface area contributed by atoms with Gasteiger partial charge in [-0.3, -0.25) is 14.4 Å². The van der Waals surface area contributed by atoms with Gasteiger partial charge in [0, 0.05) is 24.6 Å². The molecule has 1 amide bonds. The van der Waals surface area contributed by atoms with E-state index in [0.717, 1.165) is 23.6 Å². The molecule has 2 heterocycles. The van der Waals surface area contributed by atoms with Crippen molar-refractivity contribution in [2.45, 2.75) is 76.5 Å². The third-order valence-corrected chi connectivity index (χ3v) is 8.10. The van der Waals surface area contributed by atoms with E-state index in [9.17, 15) is 29.1 Å². The Labute approximate surface area is 222 Å². The predicted molar refractivity (Wildman–Crippen MR) is 146 cm³/mol. The fraction of sp³-hybridized carbons (Fsp3) is 0.444. The van der Waals surface area contributed by atoms with Gasteiger partial charge < -0.3 is 25.9 Å². The van der Waals surface area contributed by atoms with E-state index in [1.54, 1.807) is 30.5 Å². The van der Waals surface area contributed by atoms with E-state index in [4.69, 9.17) is 5.73 Å². The molecular weight excluding hydrogens is 504 g/mol. The van der Waals surface area contributed by atoms with E-state index in [0.29, 0.717) is 48.5 Å². The number of carbonyl (C=O) groups is 4. The second-order valence-electron chi connectivity index (χ2n) is 10.4. The number of carboxylic acids is 1. The van der Waals surface area contributed by atoms with E-state index in [2.05, 4.69) is 15.3 Å². The van der Waals surface area contributed by atoms with Crippen molar-refractivity contribution < 1.29 is 29.1 Å². The third-order valence-electron chi connectivity index (χ3n) is 6.53. The number of aliphatic imine (C=N–C) groups is 1. The lowest BCUT2D eigenvalue weighted by Gasteiger charge is -2.15. The van der Waals surface area contributed by atoms with Crippen LogP contribution in [0.15, 0.2) is 35.5 Å². The number of benzene rings is 1. The first-order valence-corrected chi connectivity index (χ1v) is 16.0. The maximum Gasteiger partial charge on any atom is 0.326 e. The van der Waals surface area contributed by atoms with E-state index in [-0.39, 0.29) is 30.8 Å². The largest absolute Gasteiger partial charge is 0.480 e. The number of unbranched alkanes of at least 4 members (excludes halogenated alkanes) is 1. The van der Waals surface area contributed by atoms with E-state index >= 15 is 0 Å². The summed E-state index contributed by atoms with van der Waals surface area (Å²) in [4.78, 5) is 65.8. The quantitative estimate of drug-likeness (QED) is 0.180. The first-order chi connectivity index (χ1) is 17.9. The van der Waals surface area contributed by atoms with Crippen LogP contribution in [0.4, 0.5) is 5.82 Å². The molecule has 1 aliphatic heterocycles. The van der Waals surface area contributed by atoms with Gasteiger partial charge in [0.05, 0.1) is 12.0 Å². The SMILES string of the molecule is C[Si](C)(O)CCCCC(=O)CC[C@H](NC(=O)c1ccc(CCc2c[nH]c3c2C(=O)CC(N)=N3)cc1)C(=O)O. The first kappa shape index (κ1) is 29.0. The maximum atomic E-state index is 12.6. The molecule has 10 nitrogen and oxygen atoms in total. The van der Waals surface area contributed by atoms with Gasteiger partial charge >= 0.3 is 5.97 Å². The summed E-state index contributed by atoms with van der Waals surface area (Å²) < 4.78 is 0. The summed E-state index contributed by atoms with van der Waals surface area (Å²) in [6, 6.07) is 6.41. The van der Waals surface area contributed by atoms with Crippen LogP contribution < -0.4 is 11.1 Å². The Morgan fingerprint density at radius 3 is 2.50 bits per heavy atom. The van der Waals surface area contributed by atoms with Crippen molar-refractivity contribution in [1.82, 2.24) is 10.3 Å². The standard InChI is InChI=1S/C27H36N4O6Si/c1-38(2,37)14-4-3-5-20(32)12-13-21(27(35)36)30-26(34)18-9-6-17(7-10-18)8-11-19-16-29-25-24(19)22(33)15-23(28)31-25/h6-7,9-10,16,21,29,37H,3-5,8,11-15H2,1-2H3,(H2,28,31)(H,30,34)(H,35,36)/t21-/m0/s1. The summed E-state index contributed by atoms with van der Waals surface area (Å²) in [7, 11) is -2.12. The molecule has 0 saturated carbocycles. The molecule has 0 radical (unpaired) electrons. The number of hydrogen-bond acceptors (Lipinski definition) is 7. The van der Waals surface area contributed by atoms with Gasteiger partial charge in [-0.1, -0.05) is 18.6 Å². The number of aromatic amines is 1. The van der Waals surface area contributed by atoms with Gasteiger partial charge in [0.15, 0.2) is 14.1 Å². The summed E-state index contributed by atoms with van der Waals surface area (Å²) in [5.74, 6) is -1.03. The molecule has 0 saturated heterocycles. The van der Waals surface area contributed by atoms with Gasteiger partial charge in [-0.25, -0.2) is 9.79 Å². The minimum atomic E-state index is -2.12. The van der Waals surface area contributed by atoms with Crippen molar-refractivity contribution in [1.29, 1.82) is 0 Å². The average Bonchev–Trinajstić information content (AvgIpc) is 3.25. The van der Waals surface area contributed by atoms with Gasteiger partial charge in [-0.2, -0.15) is 0 Å². The number of aromatic nitrogens is 1. The molecule has 1 atom stereocenters. The molecule has 1 aliphatic rings. The molecule has 6 N–H and O–H groups in total. The minimum absolute atomic E-state index is 0.0215. The van der Waals surface area contributed by atoms with E-state index in [1.165, 1.54) is 0 Å². The van der Waals surface area contributed by atoms with Crippen molar-refractivity contribution >= 4 is 43.4 Å². The molecule has 0 fully saturated rings. The molecule has 0 spiro atoms. The van der Waals surface area contributed by atoms with Crippen LogP contribution >= 0.6 is 0 Å². The number of nitrogens with one attached hydrogen (secondary N) is 2. The maximum absolute atomic E-state index is 12.6.